The van der Waals surface area contributed by atoms with Crippen LogP contribution in [-0.2, 0) is 9.53 Å². The van der Waals surface area contributed by atoms with Gasteiger partial charge in [0.1, 0.15) is 6.10 Å². The number of amides is 1. The minimum absolute atomic E-state index is 0.0761. The van der Waals surface area contributed by atoms with Crippen LogP contribution in [0.3, 0.4) is 0 Å². The lowest BCUT2D eigenvalue weighted by molar-refractivity contribution is -0.130. The number of nitrogens with zero attached hydrogens (tertiary/aromatic N) is 1. The van der Waals surface area contributed by atoms with Crippen LogP contribution >= 0.6 is 0 Å². The quantitative estimate of drug-likeness (QED) is 0.801. The Morgan fingerprint density at radius 3 is 2.94 bits per heavy atom. The number of hydrogen-bond acceptors (Lipinski definition) is 3. The molecule has 0 unspecified atom stereocenters. The van der Waals surface area contributed by atoms with Crippen LogP contribution in [0.2, 0.25) is 0 Å². The average molecular weight is 240 g/mol. The van der Waals surface area contributed by atoms with E-state index in [0.717, 1.165) is 32.5 Å². The van der Waals surface area contributed by atoms with E-state index in [-0.39, 0.29) is 12.0 Å². The number of ether oxygens (including phenoxy) is 1. The summed E-state index contributed by atoms with van der Waals surface area (Å²) in [4.78, 5) is 14.2. The first-order valence-corrected chi connectivity index (χ1v) is 6.91. The zero-order valence-corrected chi connectivity index (χ0v) is 10.8. The smallest absolute Gasteiger partial charge is 0.249 e. The maximum Gasteiger partial charge on any atom is 0.249 e. The standard InChI is InChI=1S/C13H24N2O2/c1-11-5-2-3-8-15(11)9-7-14-13(16)12-6-4-10-17-12/h11-12H,2-10H2,1H3,(H,14,16)/t11-,12-/m0/s1. The molecule has 17 heavy (non-hydrogen) atoms. The van der Waals surface area contributed by atoms with Crippen LogP contribution in [0.1, 0.15) is 39.0 Å². The Labute approximate surface area is 104 Å². The molecule has 0 aliphatic carbocycles. The Balaban J connectivity index is 1.63. The van der Waals surface area contributed by atoms with E-state index in [1.807, 2.05) is 0 Å². The van der Waals surface area contributed by atoms with E-state index in [4.69, 9.17) is 4.74 Å². The Kier molecular flexibility index (Phi) is 4.80. The van der Waals surface area contributed by atoms with E-state index in [1.54, 1.807) is 0 Å². The summed E-state index contributed by atoms with van der Waals surface area (Å²) in [7, 11) is 0. The Morgan fingerprint density at radius 1 is 1.35 bits per heavy atom. The van der Waals surface area contributed by atoms with Crippen molar-refractivity contribution in [2.24, 2.45) is 0 Å². The fraction of sp³-hybridized carbons (Fsp3) is 0.923. The predicted molar refractivity (Wildman–Crippen MR) is 66.9 cm³/mol. The van der Waals surface area contributed by atoms with Gasteiger partial charge in [-0.05, 0) is 39.2 Å². The Morgan fingerprint density at radius 2 is 2.24 bits per heavy atom. The van der Waals surface area contributed by atoms with Crippen molar-refractivity contribution in [3.8, 4) is 0 Å². The van der Waals surface area contributed by atoms with E-state index in [1.165, 1.54) is 25.8 Å². The lowest BCUT2D eigenvalue weighted by atomic mass is 10.0. The van der Waals surface area contributed by atoms with Crippen LogP contribution in [0.15, 0.2) is 0 Å². The second-order valence-electron chi connectivity index (χ2n) is 5.17. The average Bonchev–Trinajstić information content (AvgIpc) is 2.85. The molecule has 0 radical (unpaired) electrons. The van der Waals surface area contributed by atoms with Crippen molar-refractivity contribution < 1.29 is 9.53 Å². The maximum absolute atomic E-state index is 11.7. The van der Waals surface area contributed by atoms with E-state index >= 15 is 0 Å². The summed E-state index contributed by atoms with van der Waals surface area (Å²) >= 11 is 0. The molecule has 2 atom stereocenters. The zero-order chi connectivity index (χ0) is 12.1. The third kappa shape index (κ3) is 3.68. The maximum atomic E-state index is 11.7. The molecule has 0 spiro atoms. The number of nitrogens with one attached hydrogen (secondary N) is 1. The molecule has 2 saturated heterocycles. The van der Waals surface area contributed by atoms with Gasteiger partial charge in [0.05, 0.1) is 0 Å². The van der Waals surface area contributed by atoms with Crippen molar-refractivity contribution in [3.63, 3.8) is 0 Å². The molecule has 1 amide bonds. The SMILES string of the molecule is C[C@H]1CCCCN1CCNC(=O)[C@@H]1CCCO1. The molecule has 0 aromatic heterocycles. The van der Waals surface area contributed by atoms with Gasteiger partial charge in [-0.25, -0.2) is 0 Å². The summed E-state index contributed by atoms with van der Waals surface area (Å²) < 4.78 is 5.35. The fourth-order valence-electron chi connectivity index (χ4n) is 2.71. The third-order valence-corrected chi connectivity index (χ3v) is 3.86. The third-order valence-electron chi connectivity index (χ3n) is 3.86. The van der Waals surface area contributed by atoms with Crippen LogP contribution in [0.5, 0.6) is 0 Å². The van der Waals surface area contributed by atoms with Crippen molar-refractivity contribution in [2.45, 2.75) is 51.2 Å². The van der Waals surface area contributed by atoms with Crippen LogP contribution in [-0.4, -0.2) is 49.2 Å². The second kappa shape index (κ2) is 6.36. The molecule has 0 aromatic rings. The molecular weight excluding hydrogens is 216 g/mol. The van der Waals surface area contributed by atoms with Crippen LogP contribution in [0, 0.1) is 0 Å². The summed E-state index contributed by atoms with van der Waals surface area (Å²) in [5.41, 5.74) is 0. The van der Waals surface area contributed by atoms with Gasteiger partial charge in [0, 0.05) is 25.7 Å². The number of carbonyl (C=O) groups is 1. The molecular formula is C13H24N2O2. The minimum atomic E-state index is -0.186. The fourth-order valence-corrected chi connectivity index (χ4v) is 2.71. The molecule has 0 aromatic carbocycles. The first-order chi connectivity index (χ1) is 8.27. The first-order valence-electron chi connectivity index (χ1n) is 6.91. The van der Waals surface area contributed by atoms with E-state index in [0.29, 0.717) is 6.04 Å². The minimum Gasteiger partial charge on any atom is -0.368 e. The molecule has 2 rings (SSSR count). The molecule has 0 saturated carbocycles. The van der Waals surface area contributed by atoms with Crippen molar-refractivity contribution in [1.29, 1.82) is 0 Å². The predicted octanol–water partition coefficient (Wildman–Crippen LogP) is 1.16. The number of hydrogen-bond donors (Lipinski definition) is 1. The topological polar surface area (TPSA) is 41.6 Å². The monoisotopic (exact) mass is 240 g/mol. The number of piperidine rings is 1. The summed E-state index contributed by atoms with van der Waals surface area (Å²) in [6.07, 6.45) is 5.64. The highest BCUT2D eigenvalue weighted by Gasteiger charge is 2.23. The molecule has 98 valence electrons. The molecule has 2 heterocycles. The lowest BCUT2D eigenvalue weighted by Crippen LogP contribution is -2.44. The molecule has 0 bridgehead atoms. The molecule has 2 fully saturated rings. The summed E-state index contributed by atoms with van der Waals surface area (Å²) in [6.45, 7) is 5.92. The highest BCUT2D eigenvalue weighted by atomic mass is 16.5. The normalized spacial score (nSPS) is 30.4. The summed E-state index contributed by atoms with van der Waals surface area (Å²) in [6, 6.07) is 0.670. The summed E-state index contributed by atoms with van der Waals surface area (Å²) in [5, 5.41) is 2.99. The van der Waals surface area contributed by atoms with Gasteiger partial charge >= 0.3 is 0 Å². The highest BCUT2D eigenvalue weighted by Crippen LogP contribution is 2.15. The number of carbonyl (C=O) groups excluding carboxylic acids is 1. The van der Waals surface area contributed by atoms with Gasteiger partial charge in [0.25, 0.3) is 0 Å². The van der Waals surface area contributed by atoms with Gasteiger partial charge in [-0.1, -0.05) is 6.42 Å². The zero-order valence-electron chi connectivity index (χ0n) is 10.8. The van der Waals surface area contributed by atoms with Gasteiger partial charge < -0.3 is 10.1 Å². The molecule has 4 nitrogen and oxygen atoms in total. The van der Waals surface area contributed by atoms with Gasteiger partial charge in [0.15, 0.2) is 0 Å². The van der Waals surface area contributed by atoms with Crippen molar-refractivity contribution in [1.82, 2.24) is 10.2 Å². The first kappa shape index (κ1) is 12.8. The number of likely N-dealkylation sites (tertiary alicyclic amines) is 1. The van der Waals surface area contributed by atoms with Crippen LogP contribution < -0.4 is 5.32 Å². The molecule has 1 N–H and O–H groups in total. The van der Waals surface area contributed by atoms with Crippen molar-refractivity contribution >= 4 is 5.91 Å². The highest BCUT2D eigenvalue weighted by molar-refractivity contribution is 5.80. The molecule has 4 heteroatoms. The molecule has 2 aliphatic heterocycles. The van der Waals surface area contributed by atoms with E-state index < -0.39 is 0 Å². The van der Waals surface area contributed by atoms with Gasteiger partial charge in [-0.3, -0.25) is 9.69 Å². The van der Waals surface area contributed by atoms with Gasteiger partial charge in [0.2, 0.25) is 5.91 Å². The van der Waals surface area contributed by atoms with Crippen LogP contribution in [0.4, 0.5) is 0 Å². The molecule has 2 aliphatic rings. The van der Waals surface area contributed by atoms with Gasteiger partial charge in [-0.15, -0.1) is 0 Å². The van der Waals surface area contributed by atoms with Crippen molar-refractivity contribution in [3.05, 3.63) is 0 Å². The second-order valence-corrected chi connectivity index (χ2v) is 5.17. The van der Waals surface area contributed by atoms with Crippen LogP contribution in [0.25, 0.3) is 0 Å². The lowest BCUT2D eigenvalue weighted by Gasteiger charge is -2.33. The van der Waals surface area contributed by atoms with Crippen molar-refractivity contribution in [2.75, 3.05) is 26.2 Å². The largest absolute Gasteiger partial charge is 0.368 e. The summed E-state index contributed by atoms with van der Waals surface area (Å²) in [5.74, 6) is 0.0761. The Bertz CT molecular complexity index is 252. The Hall–Kier alpha value is -0.610. The van der Waals surface area contributed by atoms with E-state index in [2.05, 4.69) is 17.1 Å². The van der Waals surface area contributed by atoms with Gasteiger partial charge in [-0.2, -0.15) is 0 Å². The van der Waals surface area contributed by atoms with E-state index in [9.17, 15) is 4.79 Å². The number of rotatable bonds is 4.